The summed E-state index contributed by atoms with van der Waals surface area (Å²) in [7, 11) is -2.12. The van der Waals surface area contributed by atoms with Gasteiger partial charge in [0.2, 0.25) is 5.03 Å². The van der Waals surface area contributed by atoms with Crippen molar-refractivity contribution in [1.82, 2.24) is 24.7 Å². The molecule has 0 bridgehead atoms. The second kappa shape index (κ2) is 5.65. The summed E-state index contributed by atoms with van der Waals surface area (Å²) in [5.41, 5.74) is 0. The lowest BCUT2D eigenvalue weighted by Crippen LogP contribution is -2.29. The Morgan fingerprint density at radius 3 is 2.84 bits per heavy atom. The summed E-state index contributed by atoms with van der Waals surface area (Å²) in [6, 6.07) is 0. The fraction of sp³-hybridized carbons (Fsp3) is 0.444. The fourth-order valence-electron chi connectivity index (χ4n) is 1.48. The Kier molecular flexibility index (Phi) is 4.33. The third-order valence-corrected chi connectivity index (χ3v) is 5.76. The molecule has 1 atom stereocenters. The summed E-state index contributed by atoms with van der Waals surface area (Å²) in [5.74, 6) is 0.00902. The van der Waals surface area contributed by atoms with Gasteiger partial charge in [-0.15, -0.1) is 16.4 Å². The molecule has 19 heavy (non-hydrogen) atoms. The first-order chi connectivity index (χ1) is 8.92. The minimum Gasteiger partial charge on any atom is -0.249 e. The molecule has 0 saturated carbocycles. The van der Waals surface area contributed by atoms with Crippen LogP contribution in [0.4, 0.5) is 0 Å². The van der Waals surface area contributed by atoms with Crippen LogP contribution in [0.2, 0.25) is 0 Å². The van der Waals surface area contributed by atoms with Gasteiger partial charge < -0.3 is 0 Å². The number of halogens is 1. The second-order valence-electron chi connectivity index (χ2n) is 3.93. The zero-order valence-electron chi connectivity index (χ0n) is 10.2. The summed E-state index contributed by atoms with van der Waals surface area (Å²) in [6.07, 6.45) is 1.70. The van der Waals surface area contributed by atoms with Gasteiger partial charge in [-0.25, -0.2) is 22.8 Å². The minimum absolute atomic E-state index is 0.00902. The molecule has 2 heterocycles. The lowest BCUT2D eigenvalue weighted by atomic mass is 10.2. The van der Waals surface area contributed by atoms with Crippen LogP contribution in [-0.4, -0.2) is 34.9 Å². The van der Waals surface area contributed by atoms with Crippen LogP contribution in [0.5, 0.6) is 0 Å². The van der Waals surface area contributed by atoms with Crippen molar-refractivity contribution in [3.63, 3.8) is 0 Å². The molecule has 0 aromatic carbocycles. The number of nitrogens with zero attached hydrogens (tertiary/aromatic N) is 4. The van der Waals surface area contributed by atoms with Crippen molar-refractivity contribution in [1.29, 1.82) is 0 Å². The first-order valence-electron chi connectivity index (χ1n) is 5.36. The van der Waals surface area contributed by atoms with E-state index in [0.717, 1.165) is 5.01 Å². The van der Waals surface area contributed by atoms with E-state index in [1.807, 2.05) is 12.3 Å². The van der Waals surface area contributed by atoms with E-state index in [1.165, 1.54) is 23.1 Å². The minimum atomic E-state index is -3.65. The first kappa shape index (κ1) is 14.6. The van der Waals surface area contributed by atoms with E-state index in [2.05, 4.69) is 35.9 Å². The predicted molar refractivity (Wildman–Crippen MR) is 74.4 cm³/mol. The van der Waals surface area contributed by atoms with Crippen LogP contribution in [0.25, 0.3) is 0 Å². The quantitative estimate of drug-likeness (QED) is 0.857. The third-order valence-electron chi connectivity index (χ3n) is 2.44. The molecule has 2 aromatic rings. The summed E-state index contributed by atoms with van der Waals surface area (Å²) >= 11 is 4.58. The van der Waals surface area contributed by atoms with Crippen LogP contribution in [0.3, 0.4) is 0 Å². The highest BCUT2D eigenvalue weighted by Crippen LogP contribution is 2.20. The average Bonchev–Trinajstić information content (AvgIpc) is 2.96. The number of aryl methyl sites for hydroxylation is 1. The predicted octanol–water partition coefficient (Wildman–Crippen LogP) is 1.12. The zero-order valence-corrected chi connectivity index (χ0v) is 13.5. The molecule has 0 aliphatic heterocycles. The normalized spacial score (nSPS) is 13.6. The van der Waals surface area contributed by atoms with Gasteiger partial charge in [-0.05, 0) is 15.9 Å². The van der Waals surface area contributed by atoms with Crippen molar-refractivity contribution in [2.75, 3.05) is 6.54 Å². The maximum Gasteiger partial charge on any atom is 0.260 e. The number of hydrogen-bond acceptors (Lipinski definition) is 6. The van der Waals surface area contributed by atoms with E-state index in [-0.39, 0.29) is 22.1 Å². The smallest absolute Gasteiger partial charge is 0.249 e. The average molecular weight is 366 g/mol. The van der Waals surface area contributed by atoms with Crippen molar-refractivity contribution in [3.05, 3.63) is 21.2 Å². The largest absolute Gasteiger partial charge is 0.260 e. The number of nitrogens with one attached hydrogen (secondary N) is 1. The molecule has 0 fully saturated rings. The van der Waals surface area contributed by atoms with E-state index < -0.39 is 10.0 Å². The van der Waals surface area contributed by atoms with Gasteiger partial charge in [0.15, 0.2) is 4.60 Å². The van der Waals surface area contributed by atoms with Crippen LogP contribution in [-0.2, 0) is 17.1 Å². The molecular formula is C9H12BrN5O2S2. The van der Waals surface area contributed by atoms with Crippen molar-refractivity contribution in [2.45, 2.75) is 17.9 Å². The Morgan fingerprint density at radius 2 is 2.32 bits per heavy atom. The lowest BCUT2D eigenvalue weighted by Gasteiger charge is -2.10. The van der Waals surface area contributed by atoms with Crippen LogP contribution < -0.4 is 4.72 Å². The maximum absolute atomic E-state index is 12.2. The standard InChI is InChI=1S/C9H12BrN5O2S2/c1-6(8-11-3-4-18-8)5-12-19(16,17)9-7(10)13-14-15(9)2/h3-4,6,12H,5H2,1-2H3. The molecule has 0 radical (unpaired) electrons. The van der Waals surface area contributed by atoms with Crippen molar-refractivity contribution >= 4 is 37.3 Å². The molecule has 1 unspecified atom stereocenters. The summed E-state index contributed by atoms with van der Waals surface area (Å²) in [5, 5.41) is 10.1. The highest BCUT2D eigenvalue weighted by Gasteiger charge is 2.24. The molecule has 2 aromatic heterocycles. The maximum atomic E-state index is 12.2. The Hall–Kier alpha value is -0.840. The number of rotatable bonds is 5. The van der Waals surface area contributed by atoms with Gasteiger partial charge in [0.05, 0.1) is 5.01 Å². The SMILES string of the molecule is CC(CNS(=O)(=O)c1c(Br)nnn1C)c1nccs1. The Labute approximate surface area is 123 Å². The van der Waals surface area contributed by atoms with Gasteiger partial charge in [-0.1, -0.05) is 12.1 Å². The molecule has 2 rings (SSSR count). The highest BCUT2D eigenvalue weighted by molar-refractivity contribution is 9.10. The van der Waals surface area contributed by atoms with Crippen LogP contribution in [0, 0.1) is 0 Å². The van der Waals surface area contributed by atoms with Gasteiger partial charge in [0.1, 0.15) is 0 Å². The molecule has 1 N–H and O–H groups in total. The van der Waals surface area contributed by atoms with Crippen LogP contribution in [0.15, 0.2) is 21.2 Å². The lowest BCUT2D eigenvalue weighted by molar-refractivity contribution is 0.555. The molecule has 0 amide bonds. The van der Waals surface area contributed by atoms with E-state index in [0.29, 0.717) is 0 Å². The van der Waals surface area contributed by atoms with Gasteiger partial charge in [-0.2, -0.15) is 0 Å². The van der Waals surface area contributed by atoms with Gasteiger partial charge in [0.25, 0.3) is 10.0 Å². The highest BCUT2D eigenvalue weighted by atomic mass is 79.9. The van der Waals surface area contributed by atoms with E-state index in [4.69, 9.17) is 0 Å². The third kappa shape index (κ3) is 3.19. The Balaban J connectivity index is 2.11. The monoisotopic (exact) mass is 365 g/mol. The van der Waals surface area contributed by atoms with E-state index >= 15 is 0 Å². The number of aromatic nitrogens is 4. The fourth-order valence-corrected chi connectivity index (χ4v) is 4.39. The first-order valence-corrected chi connectivity index (χ1v) is 8.51. The Bertz CT molecular complexity index is 633. The topological polar surface area (TPSA) is 89.8 Å². The van der Waals surface area contributed by atoms with Crippen LogP contribution in [0.1, 0.15) is 17.8 Å². The molecule has 104 valence electrons. The van der Waals surface area contributed by atoms with E-state index in [1.54, 1.807) is 6.20 Å². The van der Waals surface area contributed by atoms with Gasteiger partial charge in [-0.3, -0.25) is 0 Å². The molecule has 0 aliphatic rings. The number of sulfonamides is 1. The van der Waals surface area contributed by atoms with Crippen molar-refractivity contribution in [3.8, 4) is 0 Å². The number of thiazole rings is 1. The summed E-state index contributed by atoms with van der Waals surface area (Å²) in [6.45, 7) is 2.19. The second-order valence-corrected chi connectivity index (χ2v) is 7.29. The summed E-state index contributed by atoms with van der Waals surface area (Å²) in [4.78, 5) is 4.16. The van der Waals surface area contributed by atoms with E-state index in [9.17, 15) is 8.42 Å². The molecule has 0 saturated heterocycles. The van der Waals surface area contributed by atoms with Crippen molar-refractivity contribution in [2.24, 2.45) is 7.05 Å². The number of hydrogen-bond donors (Lipinski definition) is 1. The molecular weight excluding hydrogens is 354 g/mol. The van der Waals surface area contributed by atoms with Crippen LogP contribution >= 0.6 is 27.3 Å². The summed E-state index contributed by atoms with van der Waals surface area (Å²) < 4.78 is 28.2. The molecule has 0 spiro atoms. The van der Waals surface area contributed by atoms with Gasteiger partial charge >= 0.3 is 0 Å². The zero-order chi connectivity index (χ0) is 14.0. The molecule has 7 nitrogen and oxygen atoms in total. The molecule has 10 heteroatoms. The van der Waals surface area contributed by atoms with Gasteiger partial charge in [0, 0.05) is 31.1 Å². The van der Waals surface area contributed by atoms with Crippen molar-refractivity contribution < 1.29 is 8.42 Å². The Morgan fingerprint density at radius 1 is 1.58 bits per heavy atom. The molecule has 0 aliphatic carbocycles.